The summed E-state index contributed by atoms with van der Waals surface area (Å²) in [6.07, 6.45) is 9.42. The lowest BCUT2D eigenvalue weighted by Crippen LogP contribution is -2.54. The Morgan fingerprint density at radius 3 is 2.57 bits per heavy atom. The summed E-state index contributed by atoms with van der Waals surface area (Å²) in [6, 6.07) is 21.3. The minimum Gasteiger partial charge on any atom is -0.489 e. The summed E-state index contributed by atoms with van der Waals surface area (Å²) < 4.78 is 48.2. The average Bonchev–Trinajstić information content (AvgIpc) is 3.95. The zero-order chi connectivity index (χ0) is 45.9. The van der Waals surface area contributed by atoms with E-state index in [1.807, 2.05) is 35.4 Å². The van der Waals surface area contributed by atoms with Gasteiger partial charge in [0.1, 0.15) is 17.9 Å². The van der Waals surface area contributed by atoms with Gasteiger partial charge < -0.3 is 34.3 Å². The van der Waals surface area contributed by atoms with Gasteiger partial charge in [-0.1, -0.05) is 24.3 Å². The average molecular weight is 932 g/mol. The molecule has 17 nitrogen and oxygen atoms in total. The van der Waals surface area contributed by atoms with Gasteiger partial charge in [0.05, 0.1) is 46.9 Å². The molecular weight excluding hydrogens is 875 g/mol. The lowest BCUT2D eigenvalue weighted by atomic mass is 9.59. The molecule has 0 bridgehead atoms. The van der Waals surface area contributed by atoms with Crippen molar-refractivity contribution in [3.63, 3.8) is 0 Å². The van der Waals surface area contributed by atoms with Crippen LogP contribution in [0.15, 0.2) is 77.8 Å². The van der Waals surface area contributed by atoms with Gasteiger partial charge in [-0.25, -0.2) is 13.1 Å². The number of likely N-dealkylation sites (tertiary alicyclic amines) is 1. The molecule has 3 aromatic carbocycles. The monoisotopic (exact) mass is 931 g/mol. The molecule has 6 aliphatic rings. The molecule has 0 unspecified atom stereocenters. The zero-order valence-electron chi connectivity index (χ0n) is 37.7. The summed E-state index contributed by atoms with van der Waals surface area (Å²) in [6.45, 7) is 9.39. The van der Waals surface area contributed by atoms with Gasteiger partial charge in [-0.2, -0.15) is 4.98 Å². The number of aromatic nitrogens is 2. The van der Waals surface area contributed by atoms with Crippen molar-refractivity contribution < 1.29 is 32.3 Å². The first-order valence-corrected chi connectivity index (χ1v) is 25.2. The first-order valence-electron chi connectivity index (χ1n) is 23.7. The molecule has 0 radical (unpaired) electrons. The van der Waals surface area contributed by atoms with Crippen molar-refractivity contribution in [3.8, 4) is 11.6 Å². The van der Waals surface area contributed by atoms with Gasteiger partial charge in [-0.15, -0.1) is 0 Å². The number of anilines is 4. The summed E-state index contributed by atoms with van der Waals surface area (Å²) in [7, 11) is -4.65. The van der Waals surface area contributed by atoms with Gasteiger partial charge >= 0.3 is 0 Å². The van der Waals surface area contributed by atoms with Gasteiger partial charge in [0, 0.05) is 80.8 Å². The van der Waals surface area contributed by atoms with Gasteiger partial charge in [0.2, 0.25) is 5.88 Å². The fourth-order valence-electron chi connectivity index (χ4n) is 11.5. The standard InChI is InChI=1S/C49H57N9O8S/c1-32-6-2-3-7-38(32)40-8-4-15-56(40)36-28-49(29-36)12-17-55(18-13-49)35-9-10-39(41(25-35)57-16-5-21-65-48-43(57)24-33-11-14-50-46(33)52-48)47(59)53-67(62,63)37-26-42(58(60)61)45-44(27-37)66-31-34(51-45)30-54-19-22-64-23-20-54/h2-3,6-7,9-11,14,24-27,34,36,40,51H,4-5,8,12-13,15-23,28-31H2,1H3,(H,50,52)(H,53,59)/t34-,40-/m0/s1. The molecule has 1 spiro atoms. The minimum atomic E-state index is -4.65. The SMILES string of the molecule is Cc1ccccc1[C@@H]1CCCN1C1CC2(CCN(c3ccc(C(=O)NS(=O)(=O)c4cc5c(c([N+](=O)[O-])c4)N[C@@H](CN4CCOCC4)CO5)c(N4CCCOc5nc6[nH]ccc6cc54)c3)CC2)C1. The van der Waals surface area contributed by atoms with Crippen molar-refractivity contribution >= 4 is 55.4 Å². The Balaban J connectivity index is 0.854. The second kappa shape index (κ2) is 17.6. The number of nitrogens with one attached hydrogen (secondary N) is 3. The molecular formula is C49H57N9O8S. The van der Waals surface area contributed by atoms with Crippen LogP contribution in [0.4, 0.5) is 28.4 Å². The van der Waals surface area contributed by atoms with E-state index in [1.54, 1.807) is 6.07 Å². The maximum absolute atomic E-state index is 14.5. The van der Waals surface area contributed by atoms with E-state index in [9.17, 15) is 23.3 Å². The largest absolute Gasteiger partial charge is 0.489 e. The highest BCUT2D eigenvalue weighted by molar-refractivity contribution is 7.90. The number of aromatic amines is 1. The van der Waals surface area contributed by atoms with E-state index in [1.165, 1.54) is 42.9 Å². The third-order valence-electron chi connectivity index (χ3n) is 15.1. The van der Waals surface area contributed by atoms with Gasteiger partial charge in [-0.3, -0.25) is 24.7 Å². The maximum atomic E-state index is 14.5. The lowest BCUT2D eigenvalue weighted by molar-refractivity contribution is -0.384. The molecule has 67 heavy (non-hydrogen) atoms. The van der Waals surface area contributed by atoms with Gasteiger partial charge in [-0.05, 0) is 105 Å². The number of amides is 1. The third-order valence-corrected chi connectivity index (χ3v) is 16.4. The van der Waals surface area contributed by atoms with E-state index in [0.29, 0.717) is 79.7 Å². The fraction of sp³-hybridized carbons (Fsp3) is 0.469. The quantitative estimate of drug-likeness (QED) is 0.0969. The number of rotatable bonds is 10. The molecule has 352 valence electrons. The van der Waals surface area contributed by atoms with Crippen LogP contribution in [0, 0.1) is 22.5 Å². The Morgan fingerprint density at radius 1 is 0.940 bits per heavy atom. The number of ether oxygens (including phenoxy) is 3. The number of piperidine rings is 1. The van der Waals surface area contributed by atoms with Crippen molar-refractivity contribution in [1.82, 2.24) is 24.5 Å². The fourth-order valence-corrected chi connectivity index (χ4v) is 12.5. The smallest absolute Gasteiger partial charge is 0.297 e. The normalized spacial score (nSPS) is 22.2. The van der Waals surface area contributed by atoms with E-state index in [4.69, 9.17) is 19.2 Å². The van der Waals surface area contributed by atoms with Crippen LogP contribution >= 0.6 is 0 Å². The summed E-state index contributed by atoms with van der Waals surface area (Å²) in [5, 5.41) is 16.5. The number of carbonyl (C=O) groups excluding carboxylic acids is 1. The molecule has 7 heterocycles. The summed E-state index contributed by atoms with van der Waals surface area (Å²) in [5.74, 6) is -0.447. The number of morpholine rings is 1. The molecule has 5 aliphatic heterocycles. The number of H-pyrrole nitrogens is 1. The van der Waals surface area contributed by atoms with Crippen LogP contribution < -0.4 is 29.3 Å². The van der Waals surface area contributed by atoms with Gasteiger partial charge in [0.15, 0.2) is 11.4 Å². The Hall–Kier alpha value is -5.95. The Labute approximate surface area is 389 Å². The number of carbonyl (C=O) groups is 1. The number of hydrogen-bond acceptors (Lipinski definition) is 14. The van der Waals surface area contributed by atoms with Crippen LogP contribution in [-0.2, 0) is 14.8 Å². The summed E-state index contributed by atoms with van der Waals surface area (Å²) in [5.41, 5.74) is 5.67. The molecule has 1 aliphatic carbocycles. The topological polar surface area (TPSA) is 188 Å². The number of nitro benzene ring substituents is 1. The molecule has 2 atom stereocenters. The highest BCUT2D eigenvalue weighted by Gasteiger charge is 2.50. The molecule has 4 fully saturated rings. The molecule has 1 saturated carbocycles. The van der Waals surface area contributed by atoms with E-state index < -0.39 is 31.4 Å². The Morgan fingerprint density at radius 2 is 1.76 bits per heavy atom. The number of fused-ring (bicyclic) bond motifs is 3. The highest BCUT2D eigenvalue weighted by Crippen LogP contribution is 2.54. The van der Waals surface area contributed by atoms with E-state index in [2.05, 4.69) is 60.9 Å². The number of nitrogens with zero attached hydrogens (tertiary/aromatic N) is 6. The number of benzene rings is 3. The second-order valence-corrected chi connectivity index (χ2v) is 20.8. The summed E-state index contributed by atoms with van der Waals surface area (Å²) in [4.78, 5) is 43.1. The van der Waals surface area contributed by atoms with Crippen molar-refractivity contribution in [2.45, 2.75) is 74.9 Å². The molecule has 1 amide bonds. The zero-order valence-corrected chi connectivity index (χ0v) is 38.6. The molecule has 18 heteroatoms. The van der Waals surface area contributed by atoms with Crippen molar-refractivity contribution in [2.75, 3.05) is 87.4 Å². The van der Waals surface area contributed by atoms with E-state index in [0.717, 1.165) is 62.7 Å². The van der Waals surface area contributed by atoms with Crippen LogP contribution in [0.5, 0.6) is 11.6 Å². The number of pyridine rings is 1. The first-order chi connectivity index (χ1) is 32.5. The second-order valence-electron chi connectivity index (χ2n) is 19.2. The number of sulfonamides is 1. The molecule has 11 rings (SSSR count). The van der Waals surface area contributed by atoms with Crippen molar-refractivity contribution in [1.29, 1.82) is 0 Å². The van der Waals surface area contributed by atoms with Gasteiger partial charge in [0.25, 0.3) is 21.6 Å². The van der Waals surface area contributed by atoms with Crippen LogP contribution in [0.3, 0.4) is 0 Å². The lowest BCUT2D eigenvalue weighted by Gasteiger charge is -2.56. The van der Waals surface area contributed by atoms with Crippen molar-refractivity contribution in [3.05, 3.63) is 99.7 Å². The predicted octanol–water partition coefficient (Wildman–Crippen LogP) is 6.91. The Bertz CT molecular complexity index is 2820. The Kier molecular flexibility index (Phi) is 11.5. The van der Waals surface area contributed by atoms with E-state index in [-0.39, 0.29) is 29.6 Å². The molecule has 5 aromatic rings. The predicted molar refractivity (Wildman–Crippen MR) is 254 cm³/mol. The highest BCUT2D eigenvalue weighted by atomic mass is 32.2. The van der Waals surface area contributed by atoms with Crippen LogP contribution in [0.1, 0.15) is 72.5 Å². The van der Waals surface area contributed by atoms with Crippen molar-refractivity contribution in [2.24, 2.45) is 5.41 Å². The first kappa shape index (κ1) is 43.6. The molecule has 3 saturated heterocycles. The maximum Gasteiger partial charge on any atom is 0.297 e. The third kappa shape index (κ3) is 8.42. The summed E-state index contributed by atoms with van der Waals surface area (Å²) >= 11 is 0. The molecule has 2 aromatic heterocycles. The van der Waals surface area contributed by atoms with Crippen LogP contribution in [0.2, 0.25) is 0 Å². The van der Waals surface area contributed by atoms with Crippen LogP contribution in [0.25, 0.3) is 11.0 Å². The number of hydrogen-bond donors (Lipinski definition) is 3. The van der Waals surface area contributed by atoms with Crippen LogP contribution in [-0.4, -0.2) is 123 Å². The number of nitro groups is 1. The minimum absolute atomic E-state index is 0.0262. The van der Waals surface area contributed by atoms with E-state index >= 15 is 0 Å². The number of aryl methyl sites for hydroxylation is 1. The molecule has 3 N–H and O–H groups in total.